The number of nitrogens with two attached hydrogens (primary N) is 1. The van der Waals surface area contributed by atoms with Crippen LogP contribution in [-0.4, -0.2) is 81.7 Å². The standard InChI is InChI=1S/C39H66N6O4/c1-22(2)24(5)36(8)17-18-37(9)26-13-14-29-35(7)19-28(45-42-34(40)41-43-45)32(49-25(6)30(23(3)4)44(11)12)39(29,21-48-20-35)27(26)15-16-38(37,10)31(36)33(46)47/h15,22-26,28-32H,13-14,16-21H2,1-12H3,(H2,40,42)(H,46,47)/t24-,25?,26+,28-,29-,30?,31-,32+,35-,36-,37-,38+,39+/m1/s1. The summed E-state index contributed by atoms with van der Waals surface area (Å²) in [7, 11) is 4.28. The predicted octanol–water partition coefficient (Wildman–Crippen LogP) is 6.74. The Kier molecular flexibility index (Phi) is 9.21. The molecule has 1 aromatic rings. The van der Waals surface area contributed by atoms with Crippen LogP contribution in [0.5, 0.6) is 0 Å². The number of aromatic nitrogens is 4. The number of rotatable bonds is 9. The first-order chi connectivity index (χ1) is 22.8. The lowest BCUT2D eigenvalue weighted by molar-refractivity contribution is -0.263. The zero-order chi connectivity index (χ0) is 36.1. The molecule has 49 heavy (non-hydrogen) atoms. The summed E-state index contributed by atoms with van der Waals surface area (Å²) in [5.41, 5.74) is 6.18. The van der Waals surface area contributed by atoms with Crippen LogP contribution < -0.4 is 5.73 Å². The number of fused-ring (bicyclic) bond motifs is 3. The Labute approximate surface area is 295 Å². The molecule has 3 saturated carbocycles. The maximum atomic E-state index is 13.6. The predicted molar refractivity (Wildman–Crippen MR) is 191 cm³/mol. The number of carboxylic acid groups (broad SMARTS) is 1. The third-order valence-electron chi connectivity index (χ3n) is 15.9. The molecule has 13 atom stereocenters. The normalized spacial score (nSPS) is 43.7. The summed E-state index contributed by atoms with van der Waals surface area (Å²) in [6.45, 7) is 24.3. The van der Waals surface area contributed by atoms with Crippen molar-refractivity contribution in [2.75, 3.05) is 33.0 Å². The number of likely N-dealkylation sites (N-methyl/N-ethyl adjacent to an activating group) is 1. The number of nitrogen functional groups attached to an aromatic ring is 1. The molecular weight excluding hydrogens is 616 g/mol. The minimum Gasteiger partial charge on any atom is -0.481 e. The van der Waals surface area contributed by atoms with Crippen molar-refractivity contribution in [3.8, 4) is 0 Å². The number of tetrazole rings is 1. The molecule has 1 aromatic heterocycles. The molecule has 0 radical (unpaired) electrons. The molecule has 0 amide bonds. The smallest absolute Gasteiger partial charge is 0.307 e. The lowest BCUT2D eigenvalue weighted by Crippen LogP contribution is -2.70. The number of hydrogen-bond donors (Lipinski definition) is 2. The van der Waals surface area contributed by atoms with Crippen molar-refractivity contribution < 1.29 is 19.4 Å². The maximum absolute atomic E-state index is 13.6. The van der Waals surface area contributed by atoms with E-state index >= 15 is 0 Å². The van der Waals surface area contributed by atoms with Crippen LogP contribution in [0.15, 0.2) is 11.6 Å². The second-order valence-corrected chi connectivity index (χ2v) is 19.1. The summed E-state index contributed by atoms with van der Waals surface area (Å²) >= 11 is 0. The van der Waals surface area contributed by atoms with E-state index in [2.05, 4.69) is 110 Å². The number of allylic oxidation sites excluding steroid dienone is 1. The van der Waals surface area contributed by atoms with E-state index in [-0.39, 0.29) is 52.4 Å². The fourth-order valence-corrected chi connectivity index (χ4v) is 13.3. The second-order valence-electron chi connectivity index (χ2n) is 19.1. The van der Waals surface area contributed by atoms with Gasteiger partial charge in [-0.25, -0.2) is 0 Å². The fourth-order valence-electron chi connectivity index (χ4n) is 13.3. The first-order valence-electron chi connectivity index (χ1n) is 19.2. The van der Waals surface area contributed by atoms with Crippen molar-refractivity contribution in [2.24, 2.45) is 62.6 Å². The van der Waals surface area contributed by atoms with E-state index in [4.69, 9.17) is 15.2 Å². The molecule has 5 aliphatic rings. The number of carbonyl (C=O) groups is 1. The van der Waals surface area contributed by atoms with Crippen LogP contribution in [0.3, 0.4) is 0 Å². The molecular formula is C39H66N6O4. The summed E-state index contributed by atoms with van der Waals surface area (Å²) < 4.78 is 14.2. The largest absolute Gasteiger partial charge is 0.481 e. The van der Waals surface area contributed by atoms with Gasteiger partial charge in [-0.05, 0) is 116 Å². The lowest BCUT2D eigenvalue weighted by Gasteiger charge is -2.71. The Morgan fingerprint density at radius 1 is 1.04 bits per heavy atom. The number of nitrogens with zero attached hydrogens (tertiary/aromatic N) is 5. The van der Waals surface area contributed by atoms with E-state index in [1.165, 1.54) is 5.57 Å². The maximum Gasteiger partial charge on any atom is 0.307 e. The van der Waals surface area contributed by atoms with Crippen molar-refractivity contribution in [1.29, 1.82) is 0 Å². The van der Waals surface area contributed by atoms with E-state index in [9.17, 15) is 9.90 Å². The molecule has 0 aromatic carbocycles. The average Bonchev–Trinajstić information content (AvgIpc) is 3.44. The highest BCUT2D eigenvalue weighted by Gasteiger charge is 2.73. The minimum absolute atomic E-state index is 0.0700. The molecule has 6 rings (SSSR count). The monoisotopic (exact) mass is 683 g/mol. The first kappa shape index (κ1) is 36.7. The molecule has 0 spiro atoms. The van der Waals surface area contributed by atoms with Gasteiger partial charge in [0.15, 0.2) is 0 Å². The van der Waals surface area contributed by atoms with Crippen molar-refractivity contribution >= 4 is 11.9 Å². The molecule has 3 N–H and O–H groups in total. The zero-order valence-corrected chi connectivity index (χ0v) is 32.5. The minimum atomic E-state index is -0.633. The fraction of sp³-hybridized carbons (Fsp3) is 0.897. The molecule has 4 fully saturated rings. The molecule has 2 bridgehead atoms. The molecule has 2 heterocycles. The van der Waals surface area contributed by atoms with Crippen LogP contribution in [-0.2, 0) is 14.3 Å². The number of hydrogen-bond acceptors (Lipinski definition) is 8. The van der Waals surface area contributed by atoms with Gasteiger partial charge in [-0.1, -0.05) is 79.1 Å². The Morgan fingerprint density at radius 2 is 1.73 bits per heavy atom. The lowest BCUT2D eigenvalue weighted by atomic mass is 9.34. The molecule has 1 saturated heterocycles. The Morgan fingerprint density at radius 3 is 2.31 bits per heavy atom. The van der Waals surface area contributed by atoms with Crippen LogP contribution in [0.25, 0.3) is 0 Å². The van der Waals surface area contributed by atoms with Gasteiger partial charge in [0.25, 0.3) is 5.95 Å². The van der Waals surface area contributed by atoms with Gasteiger partial charge in [0.05, 0.1) is 31.3 Å². The van der Waals surface area contributed by atoms with Crippen LogP contribution in [0.4, 0.5) is 5.95 Å². The van der Waals surface area contributed by atoms with E-state index in [1.54, 1.807) is 4.80 Å². The average molecular weight is 683 g/mol. The number of carboxylic acids is 1. The van der Waals surface area contributed by atoms with Crippen molar-refractivity contribution in [3.05, 3.63) is 11.6 Å². The Balaban J connectivity index is 1.53. The van der Waals surface area contributed by atoms with Gasteiger partial charge in [-0.2, -0.15) is 4.80 Å². The molecule has 10 heteroatoms. The van der Waals surface area contributed by atoms with Crippen LogP contribution in [0, 0.1) is 62.6 Å². The zero-order valence-electron chi connectivity index (χ0n) is 32.5. The van der Waals surface area contributed by atoms with Gasteiger partial charge in [-0.3, -0.25) is 4.79 Å². The van der Waals surface area contributed by atoms with Crippen molar-refractivity contribution in [3.63, 3.8) is 0 Å². The molecule has 10 nitrogen and oxygen atoms in total. The summed E-state index contributed by atoms with van der Waals surface area (Å²) in [4.78, 5) is 17.6. The van der Waals surface area contributed by atoms with Gasteiger partial charge < -0.3 is 25.2 Å². The number of aliphatic carboxylic acids is 1. The van der Waals surface area contributed by atoms with Gasteiger partial charge in [0.2, 0.25) is 0 Å². The molecule has 276 valence electrons. The van der Waals surface area contributed by atoms with Crippen LogP contribution >= 0.6 is 0 Å². The summed E-state index contributed by atoms with van der Waals surface area (Å²) in [5, 5.41) is 24.4. The van der Waals surface area contributed by atoms with E-state index in [0.29, 0.717) is 36.9 Å². The van der Waals surface area contributed by atoms with E-state index in [0.717, 1.165) is 38.5 Å². The quantitative estimate of drug-likeness (QED) is 0.272. The molecule has 4 aliphatic carbocycles. The second kappa shape index (κ2) is 12.3. The van der Waals surface area contributed by atoms with Gasteiger partial charge in [-0.15, -0.1) is 5.10 Å². The van der Waals surface area contributed by atoms with Crippen molar-refractivity contribution in [1.82, 2.24) is 25.1 Å². The van der Waals surface area contributed by atoms with E-state index < -0.39 is 22.7 Å². The third-order valence-corrected chi connectivity index (χ3v) is 15.9. The SMILES string of the molecule is CC(C)C(C(C)O[C@H]1[C@H](n2nnc(N)n2)C[C@]2(C)COC[C@@]13C1=CC[C@@]4(C)[C@H](C(=O)O)[C@@](C)([C@H](C)C(C)C)CC[C@]4(C)[C@H]1CC[C@H]23)N(C)C. The summed E-state index contributed by atoms with van der Waals surface area (Å²) in [6.07, 6.45) is 7.80. The highest BCUT2D eigenvalue weighted by Crippen LogP contribution is 2.75. The van der Waals surface area contributed by atoms with Gasteiger partial charge >= 0.3 is 5.97 Å². The highest BCUT2D eigenvalue weighted by atomic mass is 16.5. The number of anilines is 1. The van der Waals surface area contributed by atoms with Crippen LogP contribution in [0.2, 0.25) is 0 Å². The first-order valence-corrected chi connectivity index (χ1v) is 19.2. The van der Waals surface area contributed by atoms with Gasteiger partial charge in [0, 0.05) is 11.5 Å². The third kappa shape index (κ3) is 5.18. The van der Waals surface area contributed by atoms with Crippen molar-refractivity contribution in [2.45, 2.75) is 132 Å². The Hall–Kier alpha value is -2.04. The van der Waals surface area contributed by atoms with Crippen LogP contribution in [0.1, 0.15) is 114 Å². The number of ether oxygens (including phenoxy) is 2. The summed E-state index contributed by atoms with van der Waals surface area (Å²) in [6, 6.07) is 0.0411. The molecule has 2 unspecified atom stereocenters. The topological polar surface area (TPSA) is 129 Å². The molecule has 1 aliphatic heterocycles. The summed E-state index contributed by atoms with van der Waals surface area (Å²) in [5.74, 6) is 0.805. The Bertz CT molecular complexity index is 1440. The highest BCUT2D eigenvalue weighted by molar-refractivity contribution is 5.73. The van der Waals surface area contributed by atoms with Gasteiger partial charge in [0.1, 0.15) is 6.04 Å². The van der Waals surface area contributed by atoms with E-state index in [1.807, 2.05) is 0 Å².